The lowest BCUT2D eigenvalue weighted by Crippen LogP contribution is -2.58. The molecule has 86 valence electrons. The minimum absolute atomic E-state index is 0.196. The maximum atomic E-state index is 5.94. The van der Waals surface area contributed by atoms with Gasteiger partial charge in [0.15, 0.2) is 0 Å². The molecule has 0 amide bonds. The summed E-state index contributed by atoms with van der Waals surface area (Å²) in [6.07, 6.45) is 2.53. The molecule has 3 rings (SSSR count). The van der Waals surface area contributed by atoms with Gasteiger partial charge in [-0.3, -0.25) is 0 Å². The van der Waals surface area contributed by atoms with Crippen molar-refractivity contribution in [3.05, 3.63) is 34.9 Å². The first-order valence-electron chi connectivity index (χ1n) is 5.88. The van der Waals surface area contributed by atoms with Crippen LogP contribution in [0.3, 0.4) is 0 Å². The van der Waals surface area contributed by atoms with Gasteiger partial charge in [0.1, 0.15) is 0 Å². The summed E-state index contributed by atoms with van der Waals surface area (Å²) in [5, 5.41) is 4.40. The van der Waals surface area contributed by atoms with Gasteiger partial charge in [-0.2, -0.15) is 0 Å². The number of benzene rings is 1. The minimum Gasteiger partial charge on any atom is -0.379 e. The predicted molar refractivity (Wildman–Crippen MR) is 65.0 cm³/mol. The molecule has 3 heteroatoms. The van der Waals surface area contributed by atoms with Gasteiger partial charge in [-0.05, 0) is 37.1 Å². The number of hydrogen-bond donors (Lipinski definition) is 1. The third kappa shape index (κ3) is 1.56. The monoisotopic (exact) mass is 237 g/mol. The molecule has 1 aromatic carbocycles. The Morgan fingerprint density at radius 3 is 2.50 bits per heavy atom. The van der Waals surface area contributed by atoms with Gasteiger partial charge < -0.3 is 10.1 Å². The van der Waals surface area contributed by atoms with E-state index < -0.39 is 0 Å². The molecule has 2 aliphatic rings. The Labute approximate surface area is 101 Å². The first-order valence-corrected chi connectivity index (χ1v) is 6.26. The van der Waals surface area contributed by atoms with Crippen LogP contribution < -0.4 is 5.32 Å². The lowest BCUT2D eigenvalue weighted by Gasteiger charge is -2.46. The number of ether oxygens (including phenoxy) is 1. The van der Waals surface area contributed by atoms with Crippen LogP contribution in [0.5, 0.6) is 0 Å². The van der Waals surface area contributed by atoms with Crippen LogP contribution in [0.1, 0.15) is 18.4 Å². The number of rotatable bonds is 2. The maximum Gasteiger partial charge on any atom is 0.0600 e. The Hall–Kier alpha value is -0.570. The van der Waals surface area contributed by atoms with Crippen molar-refractivity contribution in [2.45, 2.75) is 24.3 Å². The fourth-order valence-corrected chi connectivity index (χ4v) is 2.96. The van der Waals surface area contributed by atoms with Crippen molar-refractivity contribution in [2.24, 2.45) is 0 Å². The van der Waals surface area contributed by atoms with Gasteiger partial charge in [-0.15, -0.1) is 0 Å². The molecule has 2 saturated heterocycles. The van der Waals surface area contributed by atoms with E-state index in [2.05, 4.69) is 17.4 Å². The van der Waals surface area contributed by atoms with Crippen LogP contribution in [0, 0.1) is 0 Å². The summed E-state index contributed by atoms with van der Waals surface area (Å²) < 4.78 is 5.46. The molecule has 2 heterocycles. The van der Waals surface area contributed by atoms with Crippen LogP contribution in [0.2, 0.25) is 5.02 Å². The topological polar surface area (TPSA) is 21.3 Å². The first-order chi connectivity index (χ1) is 7.81. The zero-order valence-corrected chi connectivity index (χ0v) is 9.96. The number of hydrogen-bond acceptors (Lipinski definition) is 2. The average Bonchev–Trinajstić information content (AvgIpc) is 2.73. The molecule has 0 bridgehead atoms. The normalized spacial score (nSPS) is 27.7. The molecule has 2 fully saturated rings. The SMILES string of the molecule is Clc1ccc(C2(C3CCCN3)COC2)cc1. The largest absolute Gasteiger partial charge is 0.379 e. The van der Waals surface area contributed by atoms with Crippen molar-refractivity contribution < 1.29 is 4.74 Å². The quantitative estimate of drug-likeness (QED) is 0.853. The second-order valence-electron chi connectivity index (χ2n) is 4.80. The predicted octanol–water partition coefficient (Wildman–Crippen LogP) is 2.36. The second-order valence-corrected chi connectivity index (χ2v) is 5.24. The molecule has 16 heavy (non-hydrogen) atoms. The van der Waals surface area contributed by atoms with E-state index in [-0.39, 0.29) is 5.41 Å². The molecule has 0 saturated carbocycles. The van der Waals surface area contributed by atoms with Crippen LogP contribution >= 0.6 is 11.6 Å². The third-order valence-corrected chi connectivity index (χ3v) is 4.12. The van der Waals surface area contributed by atoms with Gasteiger partial charge in [0.05, 0.1) is 18.6 Å². The van der Waals surface area contributed by atoms with E-state index in [1.165, 1.54) is 18.4 Å². The van der Waals surface area contributed by atoms with Crippen LogP contribution in [-0.4, -0.2) is 25.8 Å². The molecule has 1 atom stereocenters. The van der Waals surface area contributed by atoms with Crippen LogP contribution in [-0.2, 0) is 10.2 Å². The van der Waals surface area contributed by atoms with Gasteiger partial charge in [-0.1, -0.05) is 23.7 Å². The molecule has 2 aliphatic heterocycles. The van der Waals surface area contributed by atoms with Crippen molar-refractivity contribution in [3.63, 3.8) is 0 Å². The zero-order chi connectivity index (χ0) is 11.0. The van der Waals surface area contributed by atoms with Crippen molar-refractivity contribution in [2.75, 3.05) is 19.8 Å². The van der Waals surface area contributed by atoms with Crippen LogP contribution in [0.25, 0.3) is 0 Å². The summed E-state index contributed by atoms with van der Waals surface area (Å²) in [4.78, 5) is 0. The van der Waals surface area contributed by atoms with Crippen molar-refractivity contribution in [3.8, 4) is 0 Å². The molecule has 0 radical (unpaired) electrons. The Morgan fingerprint density at radius 1 is 1.25 bits per heavy atom. The molecule has 1 aromatic rings. The average molecular weight is 238 g/mol. The number of nitrogens with one attached hydrogen (secondary N) is 1. The van der Waals surface area contributed by atoms with E-state index in [1.54, 1.807) is 0 Å². The zero-order valence-electron chi connectivity index (χ0n) is 9.21. The lowest BCUT2D eigenvalue weighted by molar-refractivity contribution is -0.0760. The summed E-state index contributed by atoms with van der Waals surface area (Å²) in [5.74, 6) is 0. The van der Waals surface area contributed by atoms with Crippen LogP contribution in [0.15, 0.2) is 24.3 Å². The van der Waals surface area contributed by atoms with E-state index in [0.29, 0.717) is 6.04 Å². The Bertz CT molecular complexity index is 366. The Morgan fingerprint density at radius 2 is 2.00 bits per heavy atom. The van der Waals surface area contributed by atoms with E-state index >= 15 is 0 Å². The summed E-state index contributed by atoms with van der Waals surface area (Å²) >= 11 is 5.94. The fourth-order valence-electron chi connectivity index (χ4n) is 2.83. The smallest absolute Gasteiger partial charge is 0.0600 e. The fraction of sp³-hybridized carbons (Fsp3) is 0.538. The van der Waals surface area contributed by atoms with E-state index in [0.717, 1.165) is 24.8 Å². The van der Waals surface area contributed by atoms with Crippen molar-refractivity contribution in [1.82, 2.24) is 5.32 Å². The lowest BCUT2D eigenvalue weighted by atomic mass is 9.72. The Kier molecular flexibility index (Phi) is 2.66. The highest BCUT2D eigenvalue weighted by Gasteiger charge is 2.47. The molecular weight excluding hydrogens is 222 g/mol. The molecule has 2 nitrogen and oxygen atoms in total. The first kappa shape index (κ1) is 10.6. The summed E-state index contributed by atoms with van der Waals surface area (Å²) in [6.45, 7) is 2.82. The second kappa shape index (κ2) is 4.02. The van der Waals surface area contributed by atoms with E-state index in [1.807, 2.05) is 12.1 Å². The van der Waals surface area contributed by atoms with Crippen molar-refractivity contribution >= 4 is 11.6 Å². The number of halogens is 1. The van der Waals surface area contributed by atoms with Gasteiger partial charge >= 0.3 is 0 Å². The molecule has 0 aliphatic carbocycles. The summed E-state index contributed by atoms with van der Waals surface area (Å²) in [6, 6.07) is 8.82. The molecule has 1 unspecified atom stereocenters. The highest BCUT2D eigenvalue weighted by atomic mass is 35.5. The standard InChI is InChI=1S/C13H16ClNO/c14-11-5-3-10(4-6-11)13(8-16-9-13)12-2-1-7-15-12/h3-6,12,15H,1-2,7-9H2. The van der Waals surface area contributed by atoms with E-state index in [9.17, 15) is 0 Å². The van der Waals surface area contributed by atoms with Crippen LogP contribution in [0.4, 0.5) is 0 Å². The van der Waals surface area contributed by atoms with Gasteiger partial charge in [0.25, 0.3) is 0 Å². The Balaban J connectivity index is 1.91. The third-order valence-electron chi connectivity index (χ3n) is 3.87. The molecule has 1 N–H and O–H groups in total. The minimum atomic E-state index is 0.196. The molecular formula is C13H16ClNO. The van der Waals surface area contributed by atoms with Crippen molar-refractivity contribution in [1.29, 1.82) is 0 Å². The van der Waals surface area contributed by atoms with Gasteiger partial charge in [0.2, 0.25) is 0 Å². The summed E-state index contributed by atoms with van der Waals surface area (Å²) in [5.41, 5.74) is 1.56. The molecule has 0 aromatic heterocycles. The highest BCUT2D eigenvalue weighted by Crippen LogP contribution is 2.39. The summed E-state index contributed by atoms with van der Waals surface area (Å²) in [7, 11) is 0. The van der Waals surface area contributed by atoms with Gasteiger partial charge in [0, 0.05) is 11.1 Å². The highest BCUT2D eigenvalue weighted by molar-refractivity contribution is 6.30. The van der Waals surface area contributed by atoms with E-state index in [4.69, 9.17) is 16.3 Å². The maximum absolute atomic E-state index is 5.94. The van der Waals surface area contributed by atoms with Gasteiger partial charge in [-0.25, -0.2) is 0 Å². The molecule has 0 spiro atoms.